The standard InChI is InChI=1S/C20H22F3N3/c1-2-3-11-26-18-10-5-4-9-17(18)25-19(26)14-24-13-15-7-6-8-16(12-15)20(21,22)23/h4-10,12,24H,2-3,11,13-14H2,1H3. The van der Waals surface area contributed by atoms with Crippen molar-refractivity contribution >= 4 is 11.0 Å². The summed E-state index contributed by atoms with van der Waals surface area (Å²) in [6.07, 6.45) is -2.17. The van der Waals surface area contributed by atoms with Gasteiger partial charge in [0.05, 0.1) is 23.1 Å². The summed E-state index contributed by atoms with van der Waals surface area (Å²) in [7, 11) is 0. The number of imidazole rings is 1. The first-order valence-electron chi connectivity index (χ1n) is 8.80. The average molecular weight is 361 g/mol. The van der Waals surface area contributed by atoms with Gasteiger partial charge in [0, 0.05) is 13.1 Å². The first-order valence-corrected chi connectivity index (χ1v) is 8.80. The van der Waals surface area contributed by atoms with Crippen LogP contribution in [0.3, 0.4) is 0 Å². The van der Waals surface area contributed by atoms with E-state index in [9.17, 15) is 13.2 Å². The Morgan fingerprint density at radius 2 is 1.85 bits per heavy atom. The average Bonchev–Trinajstić information content (AvgIpc) is 2.97. The van der Waals surface area contributed by atoms with Crippen LogP contribution < -0.4 is 5.32 Å². The van der Waals surface area contributed by atoms with Gasteiger partial charge in [0.25, 0.3) is 0 Å². The van der Waals surface area contributed by atoms with Crippen molar-refractivity contribution < 1.29 is 13.2 Å². The van der Waals surface area contributed by atoms with Crippen LogP contribution in [0, 0.1) is 0 Å². The fourth-order valence-corrected chi connectivity index (χ4v) is 3.00. The summed E-state index contributed by atoms with van der Waals surface area (Å²) in [5, 5.41) is 3.22. The largest absolute Gasteiger partial charge is 0.416 e. The number of aromatic nitrogens is 2. The molecule has 6 heteroatoms. The van der Waals surface area contributed by atoms with Crippen molar-refractivity contribution in [1.29, 1.82) is 0 Å². The molecular formula is C20H22F3N3. The molecule has 0 spiro atoms. The molecule has 0 aliphatic carbocycles. The van der Waals surface area contributed by atoms with Crippen LogP contribution in [-0.2, 0) is 25.8 Å². The molecule has 3 aromatic rings. The van der Waals surface area contributed by atoms with E-state index in [1.165, 1.54) is 12.1 Å². The summed E-state index contributed by atoms with van der Waals surface area (Å²) in [5.41, 5.74) is 2.03. The van der Waals surface area contributed by atoms with Crippen LogP contribution in [0.5, 0.6) is 0 Å². The second-order valence-corrected chi connectivity index (χ2v) is 6.32. The van der Waals surface area contributed by atoms with Crippen molar-refractivity contribution in [2.24, 2.45) is 0 Å². The van der Waals surface area contributed by atoms with E-state index in [4.69, 9.17) is 0 Å². The van der Waals surface area contributed by atoms with Gasteiger partial charge < -0.3 is 9.88 Å². The van der Waals surface area contributed by atoms with Crippen molar-refractivity contribution in [1.82, 2.24) is 14.9 Å². The Bertz CT molecular complexity index is 868. The normalized spacial score (nSPS) is 12.0. The van der Waals surface area contributed by atoms with Gasteiger partial charge >= 0.3 is 6.18 Å². The monoisotopic (exact) mass is 361 g/mol. The van der Waals surface area contributed by atoms with Crippen molar-refractivity contribution in [3.8, 4) is 0 Å². The summed E-state index contributed by atoms with van der Waals surface area (Å²) in [5.74, 6) is 0.909. The van der Waals surface area contributed by atoms with Gasteiger partial charge in [-0.1, -0.05) is 43.7 Å². The number of halogens is 3. The number of nitrogens with one attached hydrogen (secondary N) is 1. The maximum Gasteiger partial charge on any atom is 0.416 e. The molecule has 0 amide bonds. The lowest BCUT2D eigenvalue weighted by atomic mass is 10.1. The summed E-state index contributed by atoms with van der Waals surface area (Å²) in [4.78, 5) is 4.67. The minimum absolute atomic E-state index is 0.362. The predicted octanol–water partition coefficient (Wildman–Crippen LogP) is 5.15. The maximum atomic E-state index is 12.8. The molecule has 0 unspecified atom stereocenters. The molecule has 0 fully saturated rings. The predicted molar refractivity (Wildman–Crippen MR) is 96.6 cm³/mol. The Labute approximate surface area is 150 Å². The molecule has 0 radical (unpaired) electrons. The van der Waals surface area contributed by atoms with Crippen LogP contribution in [0.15, 0.2) is 48.5 Å². The SMILES string of the molecule is CCCCn1c(CNCc2cccc(C(F)(F)F)c2)nc2ccccc21. The third-order valence-corrected chi connectivity index (χ3v) is 4.34. The summed E-state index contributed by atoms with van der Waals surface area (Å²) < 4.78 is 40.6. The molecule has 0 bridgehead atoms. The van der Waals surface area contributed by atoms with Crippen LogP contribution >= 0.6 is 0 Å². The Hall–Kier alpha value is -2.34. The number of hydrogen-bond donors (Lipinski definition) is 1. The molecule has 1 heterocycles. The van der Waals surface area contributed by atoms with Crippen LogP contribution in [0.4, 0.5) is 13.2 Å². The molecule has 26 heavy (non-hydrogen) atoms. The first-order chi connectivity index (χ1) is 12.5. The minimum Gasteiger partial charge on any atom is -0.327 e. The van der Waals surface area contributed by atoms with Gasteiger partial charge in [-0.05, 0) is 30.2 Å². The van der Waals surface area contributed by atoms with E-state index in [2.05, 4.69) is 21.8 Å². The maximum absolute atomic E-state index is 12.8. The number of nitrogens with zero attached hydrogens (tertiary/aromatic N) is 2. The smallest absolute Gasteiger partial charge is 0.327 e. The highest BCUT2D eigenvalue weighted by atomic mass is 19.4. The number of unbranched alkanes of at least 4 members (excludes halogenated alkanes) is 1. The molecule has 0 atom stereocenters. The summed E-state index contributed by atoms with van der Waals surface area (Å²) in [6.45, 7) is 3.90. The molecule has 2 aromatic carbocycles. The van der Waals surface area contributed by atoms with Crippen LogP contribution in [-0.4, -0.2) is 9.55 Å². The topological polar surface area (TPSA) is 29.9 Å². The molecule has 138 valence electrons. The van der Waals surface area contributed by atoms with E-state index in [1.807, 2.05) is 24.3 Å². The van der Waals surface area contributed by atoms with E-state index >= 15 is 0 Å². The highest BCUT2D eigenvalue weighted by Crippen LogP contribution is 2.29. The number of hydrogen-bond acceptors (Lipinski definition) is 2. The van der Waals surface area contributed by atoms with Gasteiger partial charge in [0.1, 0.15) is 5.82 Å². The molecule has 0 aliphatic heterocycles. The van der Waals surface area contributed by atoms with Crippen molar-refractivity contribution in [2.45, 2.75) is 45.6 Å². The van der Waals surface area contributed by atoms with Crippen molar-refractivity contribution in [2.75, 3.05) is 0 Å². The number of benzene rings is 2. The Morgan fingerprint density at radius 1 is 1.04 bits per heavy atom. The molecule has 0 aliphatic rings. The molecule has 3 nitrogen and oxygen atoms in total. The van der Waals surface area contributed by atoms with E-state index in [1.54, 1.807) is 6.07 Å². The van der Waals surface area contributed by atoms with Gasteiger partial charge in [-0.2, -0.15) is 13.2 Å². The van der Waals surface area contributed by atoms with E-state index in [0.717, 1.165) is 42.3 Å². The van der Waals surface area contributed by atoms with Crippen molar-refractivity contribution in [3.63, 3.8) is 0 Å². The van der Waals surface area contributed by atoms with E-state index in [0.29, 0.717) is 18.7 Å². The van der Waals surface area contributed by atoms with Gasteiger partial charge in [-0.25, -0.2) is 4.98 Å². The van der Waals surface area contributed by atoms with E-state index in [-0.39, 0.29) is 0 Å². The quantitative estimate of drug-likeness (QED) is 0.631. The van der Waals surface area contributed by atoms with Crippen LogP contribution in [0.1, 0.15) is 36.7 Å². The van der Waals surface area contributed by atoms with E-state index < -0.39 is 11.7 Å². The molecule has 0 saturated heterocycles. The number of aryl methyl sites for hydroxylation is 1. The lowest BCUT2D eigenvalue weighted by Crippen LogP contribution is -2.17. The molecule has 3 rings (SSSR count). The highest BCUT2D eigenvalue weighted by Gasteiger charge is 2.30. The Kier molecular flexibility index (Phi) is 5.61. The fraction of sp³-hybridized carbons (Fsp3) is 0.350. The van der Waals surface area contributed by atoms with Gasteiger partial charge in [0.15, 0.2) is 0 Å². The van der Waals surface area contributed by atoms with Crippen molar-refractivity contribution in [3.05, 3.63) is 65.5 Å². The van der Waals surface area contributed by atoms with Crippen LogP contribution in [0.2, 0.25) is 0 Å². The summed E-state index contributed by atoms with van der Waals surface area (Å²) >= 11 is 0. The van der Waals surface area contributed by atoms with Gasteiger partial charge in [-0.15, -0.1) is 0 Å². The summed E-state index contributed by atoms with van der Waals surface area (Å²) in [6, 6.07) is 13.4. The molecular weight excluding hydrogens is 339 g/mol. The number of rotatable bonds is 7. The Balaban J connectivity index is 1.72. The molecule has 0 saturated carbocycles. The first kappa shape index (κ1) is 18.5. The number of fused-ring (bicyclic) bond motifs is 1. The number of para-hydroxylation sites is 2. The zero-order valence-electron chi connectivity index (χ0n) is 14.7. The number of alkyl halides is 3. The third-order valence-electron chi connectivity index (χ3n) is 4.34. The lowest BCUT2D eigenvalue weighted by Gasteiger charge is -2.11. The molecule has 1 N–H and O–H groups in total. The minimum atomic E-state index is -4.32. The molecule has 1 aromatic heterocycles. The second-order valence-electron chi connectivity index (χ2n) is 6.32. The lowest BCUT2D eigenvalue weighted by molar-refractivity contribution is -0.137. The van der Waals surface area contributed by atoms with Gasteiger partial charge in [-0.3, -0.25) is 0 Å². The second kappa shape index (κ2) is 7.91. The third kappa shape index (κ3) is 4.25. The highest BCUT2D eigenvalue weighted by molar-refractivity contribution is 5.75. The van der Waals surface area contributed by atoms with Gasteiger partial charge in [0.2, 0.25) is 0 Å². The zero-order valence-corrected chi connectivity index (χ0v) is 14.7. The zero-order chi connectivity index (χ0) is 18.6. The Morgan fingerprint density at radius 3 is 2.62 bits per heavy atom. The fourth-order valence-electron chi connectivity index (χ4n) is 3.00. The van der Waals surface area contributed by atoms with Crippen LogP contribution in [0.25, 0.3) is 11.0 Å².